The molecule has 0 aromatic heterocycles. The number of hydrogen-bond acceptors (Lipinski definition) is 3. The number of carboxylic acids is 1. The van der Waals surface area contributed by atoms with Crippen molar-refractivity contribution in [2.24, 2.45) is 0 Å². The zero-order valence-electron chi connectivity index (χ0n) is 14.2. The molecule has 5 nitrogen and oxygen atoms in total. The highest BCUT2D eigenvalue weighted by molar-refractivity contribution is 5.94. The average molecular weight is 376 g/mol. The van der Waals surface area contributed by atoms with E-state index in [1.54, 1.807) is 11.9 Å². The summed E-state index contributed by atoms with van der Waals surface area (Å²) >= 11 is 0. The summed E-state index contributed by atoms with van der Waals surface area (Å²) in [5.74, 6) is -2.72. The normalized spacial score (nSPS) is 18.7. The highest BCUT2D eigenvalue weighted by atomic mass is 19.4. The molecule has 26 heavy (non-hydrogen) atoms. The highest BCUT2D eigenvalue weighted by Gasteiger charge is 2.33. The van der Waals surface area contributed by atoms with Crippen molar-refractivity contribution in [2.45, 2.75) is 31.5 Å². The molecule has 1 amide bonds. The van der Waals surface area contributed by atoms with Crippen LogP contribution in [0.1, 0.15) is 35.2 Å². The summed E-state index contributed by atoms with van der Waals surface area (Å²) in [5, 5.41) is 8.86. The SMILES string of the molecule is CN(CC(=O)O)C1CCCN(C(=O)c2cc(F)cc(C(F)(F)F)c2)CC1. The van der Waals surface area contributed by atoms with Gasteiger partial charge < -0.3 is 10.0 Å². The van der Waals surface area contributed by atoms with Crippen molar-refractivity contribution in [3.63, 3.8) is 0 Å². The third-order valence-electron chi connectivity index (χ3n) is 4.46. The molecule has 1 heterocycles. The standard InChI is InChI=1S/C17H20F4N2O3/c1-22(10-15(24)25)14-3-2-5-23(6-4-14)16(26)11-7-12(17(19,20)21)9-13(18)8-11/h7-9,14H,2-6,10H2,1H3,(H,24,25). The first-order valence-corrected chi connectivity index (χ1v) is 8.17. The maximum absolute atomic E-state index is 13.5. The van der Waals surface area contributed by atoms with Gasteiger partial charge in [0.15, 0.2) is 0 Å². The van der Waals surface area contributed by atoms with E-state index in [0.717, 1.165) is 6.07 Å². The summed E-state index contributed by atoms with van der Waals surface area (Å²) in [6, 6.07) is 1.78. The average Bonchev–Trinajstić information content (AvgIpc) is 2.78. The van der Waals surface area contributed by atoms with E-state index in [2.05, 4.69) is 0 Å². The van der Waals surface area contributed by atoms with Gasteiger partial charge in [-0.25, -0.2) is 4.39 Å². The molecular formula is C17H20F4N2O3. The second-order valence-corrected chi connectivity index (χ2v) is 6.41. The van der Waals surface area contributed by atoms with Crippen molar-refractivity contribution < 1.29 is 32.3 Å². The first kappa shape index (κ1) is 20.2. The first-order chi connectivity index (χ1) is 12.1. The number of likely N-dealkylation sites (tertiary alicyclic amines) is 1. The molecule has 1 fully saturated rings. The van der Waals surface area contributed by atoms with Crippen molar-refractivity contribution in [3.05, 3.63) is 35.1 Å². The molecule has 0 aliphatic carbocycles. The molecule has 1 N–H and O–H groups in total. The summed E-state index contributed by atoms with van der Waals surface area (Å²) in [6.45, 7) is 0.469. The number of aliphatic carboxylic acids is 1. The summed E-state index contributed by atoms with van der Waals surface area (Å²) in [7, 11) is 1.68. The minimum Gasteiger partial charge on any atom is -0.480 e. The maximum Gasteiger partial charge on any atom is 0.416 e. The lowest BCUT2D eigenvalue weighted by molar-refractivity contribution is -0.139. The summed E-state index contributed by atoms with van der Waals surface area (Å²) in [6.07, 6.45) is -2.98. The van der Waals surface area contributed by atoms with Crippen LogP contribution in [0.3, 0.4) is 0 Å². The van der Waals surface area contributed by atoms with E-state index in [1.807, 2.05) is 0 Å². The number of carboxylic acid groups (broad SMARTS) is 1. The maximum atomic E-state index is 13.5. The fourth-order valence-electron chi connectivity index (χ4n) is 3.12. The summed E-state index contributed by atoms with van der Waals surface area (Å²) < 4.78 is 52.0. The fraction of sp³-hybridized carbons (Fsp3) is 0.529. The number of carbonyl (C=O) groups is 2. The number of likely N-dealkylation sites (N-methyl/N-ethyl adjacent to an activating group) is 1. The van der Waals surface area contributed by atoms with Crippen LogP contribution in [0, 0.1) is 5.82 Å². The monoisotopic (exact) mass is 376 g/mol. The first-order valence-electron chi connectivity index (χ1n) is 8.17. The van der Waals surface area contributed by atoms with Crippen molar-refractivity contribution in [3.8, 4) is 0 Å². The number of hydrogen-bond donors (Lipinski definition) is 1. The van der Waals surface area contributed by atoms with Crippen LogP contribution in [0.4, 0.5) is 17.6 Å². The number of nitrogens with zero attached hydrogens (tertiary/aromatic N) is 2. The molecule has 0 saturated carbocycles. The van der Waals surface area contributed by atoms with E-state index >= 15 is 0 Å². The molecule has 0 spiro atoms. The van der Waals surface area contributed by atoms with Crippen LogP contribution in [0.15, 0.2) is 18.2 Å². The van der Waals surface area contributed by atoms with Crippen LogP contribution in [-0.4, -0.2) is 59.5 Å². The quantitative estimate of drug-likeness (QED) is 0.821. The number of carbonyl (C=O) groups excluding carboxylic acids is 1. The lowest BCUT2D eigenvalue weighted by Gasteiger charge is -2.25. The molecule has 0 radical (unpaired) electrons. The number of rotatable bonds is 4. The Hall–Kier alpha value is -2.16. The molecule has 1 aromatic carbocycles. The number of amides is 1. The van der Waals surface area contributed by atoms with Crippen molar-refractivity contribution in [2.75, 3.05) is 26.7 Å². The Morgan fingerprint density at radius 2 is 1.92 bits per heavy atom. The Balaban J connectivity index is 2.11. The predicted octanol–water partition coefficient (Wildman–Crippen LogP) is 2.86. The lowest BCUT2D eigenvalue weighted by Crippen LogP contribution is -2.37. The van der Waals surface area contributed by atoms with Gasteiger partial charge in [-0.2, -0.15) is 13.2 Å². The number of benzene rings is 1. The van der Waals surface area contributed by atoms with Crippen LogP contribution in [0.2, 0.25) is 0 Å². The molecule has 1 atom stereocenters. The zero-order valence-corrected chi connectivity index (χ0v) is 14.2. The minimum absolute atomic E-state index is 0.0397. The van der Waals surface area contributed by atoms with Crippen LogP contribution in [0.25, 0.3) is 0 Å². The second-order valence-electron chi connectivity index (χ2n) is 6.41. The van der Waals surface area contributed by atoms with Crippen molar-refractivity contribution >= 4 is 11.9 Å². The molecular weight excluding hydrogens is 356 g/mol. The molecule has 9 heteroatoms. The zero-order chi connectivity index (χ0) is 19.5. The van der Waals surface area contributed by atoms with Crippen LogP contribution in [-0.2, 0) is 11.0 Å². The smallest absolute Gasteiger partial charge is 0.416 e. The molecule has 144 valence electrons. The van der Waals surface area contributed by atoms with E-state index in [4.69, 9.17) is 5.11 Å². The predicted molar refractivity (Wildman–Crippen MR) is 85.2 cm³/mol. The topological polar surface area (TPSA) is 60.9 Å². The largest absolute Gasteiger partial charge is 0.480 e. The van der Waals surface area contributed by atoms with Gasteiger partial charge in [0.1, 0.15) is 5.82 Å². The van der Waals surface area contributed by atoms with Gasteiger partial charge in [0.2, 0.25) is 0 Å². The van der Waals surface area contributed by atoms with Gasteiger partial charge in [-0.1, -0.05) is 0 Å². The molecule has 1 aliphatic heterocycles. The van der Waals surface area contributed by atoms with Gasteiger partial charge in [0.05, 0.1) is 12.1 Å². The third-order valence-corrected chi connectivity index (χ3v) is 4.46. The Bertz CT molecular complexity index is 678. The fourth-order valence-corrected chi connectivity index (χ4v) is 3.12. The van der Waals surface area contributed by atoms with E-state index in [-0.39, 0.29) is 24.7 Å². The Morgan fingerprint density at radius 1 is 1.23 bits per heavy atom. The van der Waals surface area contributed by atoms with Crippen LogP contribution < -0.4 is 0 Å². The van der Waals surface area contributed by atoms with E-state index < -0.39 is 29.4 Å². The van der Waals surface area contributed by atoms with Gasteiger partial charge >= 0.3 is 12.1 Å². The van der Waals surface area contributed by atoms with Gasteiger partial charge in [-0.15, -0.1) is 0 Å². The molecule has 1 aliphatic rings. The van der Waals surface area contributed by atoms with Crippen molar-refractivity contribution in [1.82, 2.24) is 9.80 Å². The molecule has 2 rings (SSSR count). The van der Waals surface area contributed by atoms with Crippen molar-refractivity contribution in [1.29, 1.82) is 0 Å². The molecule has 0 bridgehead atoms. The Labute approximate surface area is 148 Å². The van der Waals surface area contributed by atoms with Gasteiger partial charge in [0, 0.05) is 24.7 Å². The van der Waals surface area contributed by atoms with Crippen LogP contribution in [0.5, 0.6) is 0 Å². The Kier molecular flexibility index (Phi) is 6.22. The lowest BCUT2D eigenvalue weighted by atomic mass is 10.1. The van der Waals surface area contributed by atoms with Crippen LogP contribution >= 0.6 is 0 Å². The molecule has 1 aromatic rings. The van der Waals surface area contributed by atoms with E-state index in [0.29, 0.717) is 37.9 Å². The van der Waals surface area contributed by atoms with E-state index in [9.17, 15) is 27.2 Å². The van der Waals surface area contributed by atoms with Gasteiger partial charge in [0.25, 0.3) is 5.91 Å². The highest BCUT2D eigenvalue weighted by Crippen LogP contribution is 2.31. The minimum atomic E-state index is -4.74. The van der Waals surface area contributed by atoms with Gasteiger partial charge in [-0.3, -0.25) is 14.5 Å². The van der Waals surface area contributed by atoms with Gasteiger partial charge in [-0.05, 0) is 44.5 Å². The second kappa shape index (κ2) is 8.03. The number of halogens is 4. The molecule has 1 unspecified atom stereocenters. The van der Waals surface area contributed by atoms with E-state index in [1.165, 1.54) is 4.90 Å². The summed E-state index contributed by atoms with van der Waals surface area (Å²) in [5.41, 5.74) is -1.54. The molecule has 1 saturated heterocycles. The Morgan fingerprint density at radius 3 is 2.54 bits per heavy atom. The summed E-state index contributed by atoms with van der Waals surface area (Å²) in [4.78, 5) is 26.4. The third kappa shape index (κ3) is 5.17. The number of alkyl halides is 3.